The molecule has 2 heterocycles. The zero-order chi connectivity index (χ0) is 27.4. The van der Waals surface area contributed by atoms with Crippen molar-refractivity contribution >= 4 is 12.1 Å². The zero-order valence-electron chi connectivity index (χ0n) is 21.1. The highest BCUT2D eigenvalue weighted by atomic mass is 19.2. The summed E-state index contributed by atoms with van der Waals surface area (Å²) in [5.41, 5.74) is 0.0834. The number of piperidine rings is 1. The van der Waals surface area contributed by atoms with E-state index in [0.29, 0.717) is 18.5 Å². The Labute approximate surface area is 219 Å². The minimum atomic E-state index is -1.16. The molecule has 0 aromatic heterocycles. The minimum Gasteiger partial charge on any atom is -0.441 e. The Morgan fingerprint density at radius 1 is 1.26 bits per heavy atom. The predicted molar refractivity (Wildman–Crippen MR) is 132 cm³/mol. The number of nitriles is 1. The van der Waals surface area contributed by atoms with Crippen molar-refractivity contribution in [3.05, 3.63) is 58.9 Å². The molecular formula is C27H31F3N4O4. The number of benzene rings is 1. The molecule has 2 saturated heterocycles. The van der Waals surface area contributed by atoms with Crippen LogP contribution in [0.1, 0.15) is 49.7 Å². The van der Waals surface area contributed by atoms with Gasteiger partial charge >= 0.3 is 12.1 Å². The molecule has 2 N–H and O–H groups in total. The molecule has 1 unspecified atom stereocenters. The van der Waals surface area contributed by atoms with E-state index in [1.807, 2.05) is 0 Å². The molecule has 1 aliphatic carbocycles. The van der Waals surface area contributed by atoms with Crippen molar-refractivity contribution in [1.82, 2.24) is 15.1 Å². The number of carbonyl (C=O) groups is 2. The molecule has 0 saturated carbocycles. The lowest BCUT2D eigenvalue weighted by atomic mass is 9.74. The lowest BCUT2D eigenvalue weighted by molar-refractivity contribution is 0.0583. The Morgan fingerprint density at radius 3 is 2.66 bits per heavy atom. The molecular weight excluding hydrogens is 501 g/mol. The fraction of sp³-hybridized carbons (Fsp3) is 0.519. The fourth-order valence-corrected chi connectivity index (χ4v) is 5.66. The monoisotopic (exact) mass is 532 g/mol. The smallest absolute Gasteiger partial charge is 0.418 e. The molecule has 11 heteroatoms. The maximum Gasteiger partial charge on any atom is 0.418 e. The van der Waals surface area contributed by atoms with Crippen molar-refractivity contribution in [1.29, 1.82) is 5.26 Å². The van der Waals surface area contributed by atoms with Crippen LogP contribution in [0.2, 0.25) is 0 Å². The van der Waals surface area contributed by atoms with Crippen LogP contribution < -0.4 is 5.32 Å². The number of imide groups is 1. The van der Waals surface area contributed by atoms with E-state index >= 15 is 0 Å². The first-order chi connectivity index (χ1) is 18.2. The van der Waals surface area contributed by atoms with Gasteiger partial charge in [0.2, 0.25) is 0 Å². The molecule has 0 radical (unpaired) electrons. The summed E-state index contributed by atoms with van der Waals surface area (Å²) in [4.78, 5) is 28.5. The van der Waals surface area contributed by atoms with Crippen LogP contribution in [0.15, 0.2) is 42.0 Å². The standard InChI is InChI=1S/C27H31F3N4O4/c1-27(8-5-21(29)22(30)14-27)24-23(16-35)38-26(37)34(24)25(36)32-9-2-10-33-11-6-17(7-12-33)20-4-3-19(28)13-18(20)15-31/h3-5,13-14,17,23-24,35H,2,6-12,16H2,1H3,(H,32,36)/t23-,24+,27?/m0/s1. The van der Waals surface area contributed by atoms with E-state index in [-0.39, 0.29) is 18.9 Å². The first-order valence-corrected chi connectivity index (χ1v) is 12.7. The number of aliphatic hydroxyl groups excluding tert-OH is 1. The van der Waals surface area contributed by atoms with Crippen molar-refractivity contribution in [2.45, 2.75) is 50.7 Å². The number of cyclic esters (lactones) is 1. The van der Waals surface area contributed by atoms with Gasteiger partial charge in [-0.05, 0) is 81.1 Å². The Bertz CT molecular complexity index is 1180. The van der Waals surface area contributed by atoms with Crippen LogP contribution in [-0.2, 0) is 4.74 Å². The second-order valence-electron chi connectivity index (χ2n) is 10.2. The number of aliphatic hydroxyl groups is 1. The van der Waals surface area contributed by atoms with Gasteiger partial charge in [-0.2, -0.15) is 5.26 Å². The molecule has 3 atom stereocenters. The van der Waals surface area contributed by atoms with Gasteiger partial charge in [0.15, 0.2) is 11.7 Å². The quantitative estimate of drug-likeness (QED) is 0.508. The van der Waals surface area contributed by atoms with Gasteiger partial charge in [0.1, 0.15) is 11.9 Å². The van der Waals surface area contributed by atoms with E-state index < -0.39 is 53.8 Å². The van der Waals surface area contributed by atoms with Gasteiger partial charge < -0.3 is 20.1 Å². The predicted octanol–water partition coefficient (Wildman–Crippen LogP) is 4.27. The minimum absolute atomic E-state index is 0.0254. The highest BCUT2D eigenvalue weighted by Crippen LogP contribution is 2.43. The Kier molecular flexibility index (Phi) is 8.43. The number of ether oxygens (including phenoxy) is 1. The molecule has 0 bridgehead atoms. The van der Waals surface area contributed by atoms with Gasteiger partial charge in [-0.3, -0.25) is 0 Å². The van der Waals surface area contributed by atoms with Gasteiger partial charge in [0.05, 0.1) is 24.3 Å². The second-order valence-corrected chi connectivity index (χ2v) is 10.2. The van der Waals surface area contributed by atoms with Crippen LogP contribution in [0.3, 0.4) is 0 Å². The number of amides is 3. The van der Waals surface area contributed by atoms with Gasteiger partial charge in [-0.1, -0.05) is 13.0 Å². The van der Waals surface area contributed by atoms with E-state index in [1.165, 1.54) is 12.1 Å². The van der Waals surface area contributed by atoms with E-state index in [1.54, 1.807) is 13.0 Å². The molecule has 4 rings (SSSR count). The van der Waals surface area contributed by atoms with Crippen molar-refractivity contribution in [2.24, 2.45) is 5.41 Å². The summed E-state index contributed by atoms with van der Waals surface area (Å²) >= 11 is 0. The Hall–Kier alpha value is -3.36. The second kappa shape index (κ2) is 11.6. The summed E-state index contributed by atoms with van der Waals surface area (Å²) in [6.07, 6.45) is 2.36. The van der Waals surface area contributed by atoms with Crippen LogP contribution >= 0.6 is 0 Å². The summed E-state index contributed by atoms with van der Waals surface area (Å²) in [5.74, 6) is -2.33. The molecule has 2 fully saturated rings. The Morgan fingerprint density at radius 2 is 2.00 bits per heavy atom. The lowest BCUT2D eigenvalue weighted by Gasteiger charge is -2.38. The van der Waals surface area contributed by atoms with Crippen LogP contribution in [0.4, 0.5) is 22.8 Å². The number of allylic oxidation sites excluding steroid dienone is 3. The largest absolute Gasteiger partial charge is 0.441 e. The third-order valence-corrected chi connectivity index (χ3v) is 7.65. The van der Waals surface area contributed by atoms with Crippen molar-refractivity contribution in [2.75, 3.05) is 32.8 Å². The van der Waals surface area contributed by atoms with E-state index in [0.717, 1.165) is 48.5 Å². The SMILES string of the molecule is CC1([C@H]2[C@H](CO)OC(=O)N2C(=O)NCCCN2CCC(c3ccc(F)cc3C#N)CC2)C=C(F)C(F)=CC1. The number of rotatable bonds is 7. The van der Waals surface area contributed by atoms with Gasteiger partial charge in [0, 0.05) is 12.0 Å². The van der Waals surface area contributed by atoms with Crippen LogP contribution in [0, 0.1) is 22.6 Å². The first-order valence-electron chi connectivity index (χ1n) is 12.7. The highest BCUT2D eigenvalue weighted by molar-refractivity contribution is 5.93. The normalized spacial score (nSPS) is 26.4. The number of hydrogen-bond acceptors (Lipinski definition) is 6. The maximum absolute atomic E-state index is 14.1. The van der Waals surface area contributed by atoms with E-state index in [4.69, 9.17) is 4.74 Å². The molecule has 1 aromatic carbocycles. The number of carbonyl (C=O) groups excluding carboxylic acids is 2. The topological polar surface area (TPSA) is 106 Å². The molecule has 8 nitrogen and oxygen atoms in total. The zero-order valence-corrected chi connectivity index (χ0v) is 21.1. The van der Waals surface area contributed by atoms with Crippen molar-refractivity contribution in [3.63, 3.8) is 0 Å². The molecule has 1 aromatic rings. The average Bonchev–Trinajstić information content (AvgIpc) is 3.26. The fourth-order valence-electron chi connectivity index (χ4n) is 5.66. The Balaban J connectivity index is 1.28. The van der Waals surface area contributed by atoms with E-state index in [2.05, 4.69) is 16.3 Å². The number of hydrogen-bond donors (Lipinski definition) is 2. The number of nitrogens with one attached hydrogen (secondary N) is 1. The van der Waals surface area contributed by atoms with Crippen molar-refractivity contribution in [3.8, 4) is 6.07 Å². The summed E-state index contributed by atoms with van der Waals surface area (Å²) < 4.78 is 46.3. The molecule has 0 spiro atoms. The first kappa shape index (κ1) is 27.7. The van der Waals surface area contributed by atoms with Gasteiger partial charge in [-0.15, -0.1) is 0 Å². The third kappa shape index (κ3) is 5.71. The highest BCUT2D eigenvalue weighted by Gasteiger charge is 2.54. The summed E-state index contributed by atoms with van der Waals surface area (Å²) in [5, 5.41) is 21.8. The summed E-state index contributed by atoms with van der Waals surface area (Å²) in [6, 6.07) is 4.67. The number of urea groups is 1. The van der Waals surface area contributed by atoms with E-state index in [9.17, 15) is 33.1 Å². The van der Waals surface area contributed by atoms with Gasteiger partial charge in [0.25, 0.3) is 0 Å². The van der Waals surface area contributed by atoms with Gasteiger partial charge in [-0.25, -0.2) is 27.7 Å². The molecule has 2 aliphatic heterocycles. The molecule has 204 valence electrons. The van der Waals surface area contributed by atoms with Crippen LogP contribution in [0.5, 0.6) is 0 Å². The summed E-state index contributed by atoms with van der Waals surface area (Å²) in [6.45, 7) is 3.57. The molecule has 3 amide bonds. The molecule has 38 heavy (non-hydrogen) atoms. The molecule has 3 aliphatic rings. The number of nitrogens with zero attached hydrogens (tertiary/aromatic N) is 3. The lowest BCUT2D eigenvalue weighted by Crippen LogP contribution is -2.54. The maximum atomic E-state index is 14.1. The van der Waals surface area contributed by atoms with Crippen LogP contribution in [0.25, 0.3) is 0 Å². The number of halogens is 3. The van der Waals surface area contributed by atoms with Crippen LogP contribution in [-0.4, -0.2) is 72.0 Å². The number of likely N-dealkylation sites (tertiary alicyclic amines) is 1. The summed E-state index contributed by atoms with van der Waals surface area (Å²) in [7, 11) is 0. The van der Waals surface area contributed by atoms with Crippen molar-refractivity contribution < 1.29 is 32.6 Å². The average molecular weight is 533 g/mol. The third-order valence-electron chi connectivity index (χ3n) is 7.65.